The molecule has 21 heavy (non-hydrogen) atoms. The van der Waals surface area contributed by atoms with Crippen LogP contribution in [0.15, 0.2) is 30.3 Å². The fourth-order valence-corrected chi connectivity index (χ4v) is 4.11. The van der Waals surface area contributed by atoms with E-state index in [2.05, 4.69) is 18.2 Å². The third-order valence-electron chi connectivity index (χ3n) is 5.05. The van der Waals surface area contributed by atoms with E-state index in [1.807, 2.05) is 18.2 Å². The lowest BCUT2D eigenvalue weighted by Gasteiger charge is -2.17. The van der Waals surface area contributed by atoms with Crippen molar-refractivity contribution < 1.29 is 9.53 Å². The molecule has 3 rings (SSSR count). The third kappa shape index (κ3) is 2.13. The number of nitriles is 1. The molecule has 0 spiro atoms. The van der Waals surface area contributed by atoms with E-state index in [9.17, 15) is 10.1 Å². The first-order valence-electron chi connectivity index (χ1n) is 7.52. The van der Waals surface area contributed by atoms with Gasteiger partial charge in [-0.25, -0.2) is 0 Å². The Morgan fingerprint density at radius 2 is 2.19 bits per heavy atom. The van der Waals surface area contributed by atoms with Crippen molar-refractivity contribution >= 4 is 5.97 Å². The third-order valence-corrected chi connectivity index (χ3v) is 5.05. The maximum Gasteiger partial charge on any atom is 0.311 e. The molecule has 0 saturated heterocycles. The van der Waals surface area contributed by atoms with Crippen molar-refractivity contribution in [1.82, 2.24) is 0 Å². The van der Waals surface area contributed by atoms with Crippen molar-refractivity contribution in [2.24, 2.45) is 29.4 Å². The summed E-state index contributed by atoms with van der Waals surface area (Å²) in [5.74, 6) is -0.406. The van der Waals surface area contributed by atoms with Crippen molar-refractivity contribution in [1.29, 1.82) is 5.26 Å². The normalized spacial score (nSPS) is 36.6. The summed E-state index contributed by atoms with van der Waals surface area (Å²) in [5, 5.41) is 9.36. The van der Waals surface area contributed by atoms with Crippen LogP contribution in [0.3, 0.4) is 0 Å². The van der Waals surface area contributed by atoms with E-state index in [0.29, 0.717) is 6.61 Å². The molecule has 110 valence electrons. The summed E-state index contributed by atoms with van der Waals surface area (Å²) in [5.41, 5.74) is 6.97. The van der Waals surface area contributed by atoms with Gasteiger partial charge in [-0.05, 0) is 37.2 Å². The van der Waals surface area contributed by atoms with E-state index in [1.54, 1.807) is 6.92 Å². The standard InChI is InChI=1S/C17H20N2O2/c1-2-21-16(20)15-14-12(8-11-6-4-3-5-7-11)9-13(10-18)17(14,15)19/h3-7,12-15H,2,8-9,19H2,1H3. The molecular formula is C17H20N2O2. The molecule has 0 aliphatic heterocycles. The predicted molar refractivity (Wildman–Crippen MR) is 77.9 cm³/mol. The average Bonchev–Trinajstić information content (AvgIpc) is 3.02. The number of benzene rings is 1. The maximum absolute atomic E-state index is 12.1. The molecule has 5 unspecified atom stereocenters. The minimum atomic E-state index is -0.666. The molecule has 2 N–H and O–H groups in total. The highest BCUT2D eigenvalue weighted by Crippen LogP contribution is 2.65. The second-order valence-corrected chi connectivity index (χ2v) is 6.12. The molecule has 5 atom stereocenters. The molecule has 0 aromatic heterocycles. The number of esters is 1. The number of nitrogens with two attached hydrogens (primary N) is 1. The van der Waals surface area contributed by atoms with Gasteiger partial charge in [0.05, 0.1) is 24.5 Å². The van der Waals surface area contributed by atoms with Crippen LogP contribution in [0.1, 0.15) is 18.9 Å². The van der Waals surface area contributed by atoms with Crippen LogP contribution in [-0.2, 0) is 16.0 Å². The number of carbonyl (C=O) groups excluding carboxylic acids is 1. The zero-order chi connectivity index (χ0) is 15.0. The van der Waals surface area contributed by atoms with Crippen LogP contribution in [0.5, 0.6) is 0 Å². The molecule has 1 aromatic carbocycles. The summed E-state index contributed by atoms with van der Waals surface area (Å²) in [6, 6.07) is 12.5. The molecule has 2 fully saturated rings. The van der Waals surface area contributed by atoms with Gasteiger partial charge in [0, 0.05) is 5.54 Å². The van der Waals surface area contributed by atoms with E-state index in [4.69, 9.17) is 10.5 Å². The maximum atomic E-state index is 12.1. The summed E-state index contributed by atoms with van der Waals surface area (Å²) in [7, 11) is 0. The molecule has 1 aromatic rings. The Hall–Kier alpha value is -1.86. The van der Waals surface area contributed by atoms with Gasteiger partial charge < -0.3 is 10.5 Å². The van der Waals surface area contributed by atoms with Gasteiger partial charge in [0.1, 0.15) is 0 Å². The Labute approximate surface area is 124 Å². The van der Waals surface area contributed by atoms with Crippen molar-refractivity contribution in [3.8, 4) is 6.07 Å². The van der Waals surface area contributed by atoms with Gasteiger partial charge >= 0.3 is 5.97 Å². The highest BCUT2D eigenvalue weighted by Gasteiger charge is 2.76. The van der Waals surface area contributed by atoms with Crippen molar-refractivity contribution in [2.45, 2.75) is 25.3 Å². The van der Waals surface area contributed by atoms with Gasteiger partial charge in [0.25, 0.3) is 0 Å². The number of hydrogen-bond donors (Lipinski definition) is 1. The molecular weight excluding hydrogens is 264 g/mol. The summed E-state index contributed by atoms with van der Waals surface area (Å²) >= 11 is 0. The average molecular weight is 284 g/mol. The molecule has 2 saturated carbocycles. The lowest BCUT2D eigenvalue weighted by molar-refractivity contribution is -0.146. The van der Waals surface area contributed by atoms with E-state index in [0.717, 1.165) is 12.8 Å². The van der Waals surface area contributed by atoms with Gasteiger partial charge in [0.2, 0.25) is 0 Å². The zero-order valence-corrected chi connectivity index (χ0v) is 12.2. The van der Waals surface area contributed by atoms with Gasteiger partial charge in [-0.15, -0.1) is 0 Å². The smallest absolute Gasteiger partial charge is 0.311 e. The Morgan fingerprint density at radius 3 is 2.81 bits per heavy atom. The quantitative estimate of drug-likeness (QED) is 0.857. The van der Waals surface area contributed by atoms with Crippen LogP contribution in [0.2, 0.25) is 0 Å². The summed E-state index contributed by atoms with van der Waals surface area (Å²) in [6.07, 6.45) is 1.65. The van der Waals surface area contributed by atoms with E-state index >= 15 is 0 Å². The first kappa shape index (κ1) is 14.1. The van der Waals surface area contributed by atoms with Crippen LogP contribution in [0.4, 0.5) is 0 Å². The Balaban J connectivity index is 1.79. The fraction of sp³-hybridized carbons (Fsp3) is 0.529. The van der Waals surface area contributed by atoms with E-state index < -0.39 is 5.54 Å². The number of ether oxygens (including phenoxy) is 1. The first-order chi connectivity index (χ1) is 10.1. The highest BCUT2D eigenvalue weighted by atomic mass is 16.5. The first-order valence-corrected chi connectivity index (χ1v) is 7.52. The minimum absolute atomic E-state index is 0.0846. The number of rotatable bonds is 4. The molecule has 0 radical (unpaired) electrons. The monoisotopic (exact) mass is 284 g/mol. The lowest BCUT2D eigenvalue weighted by atomic mass is 9.88. The number of hydrogen-bond acceptors (Lipinski definition) is 4. The summed E-state index contributed by atoms with van der Waals surface area (Å²) in [4.78, 5) is 12.1. The molecule has 4 heteroatoms. The van der Waals surface area contributed by atoms with Crippen LogP contribution in [0.25, 0.3) is 0 Å². The second kappa shape index (κ2) is 5.16. The fourth-order valence-electron chi connectivity index (χ4n) is 4.11. The highest BCUT2D eigenvalue weighted by molar-refractivity contribution is 5.80. The van der Waals surface area contributed by atoms with Crippen molar-refractivity contribution in [2.75, 3.05) is 6.61 Å². The topological polar surface area (TPSA) is 76.1 Å². The Morgan fingerprint density at radius 1 is 1.48 bits per heavy atom. The predicted octanol–water partition coefficient (Wildman–Crippen LogP) is 1.90. The Kier molecular flexibility index (Phi) is 3.46. The van der Waals surface area contributed by atoms with Crippen molar-refractivity contribution in [3.05, 3.63) is 35.9 Å². The number of carbonyl (C=O) groups is 1. The molecule has 4 nitrogen and oxygen atoms in total. The van der Waals surface area contributed by atoms with Crippen LogP contribution in [0, 0.1) is 35.0 Å². The number of nitrogens with zero attached hydrogens (tertiary/aromatic N) is 1. The van der Waals surface area contributed by atoms with Crippen LogP contribution in [-0.4, -0.2) is 18.1 Å². The van der Waals surface area contributed by atoms with Crippen LogP contribution >= 0.6 is 0 Å². The second-order valence-electron chi connectivity index (χ2n) is 6.12. The molecule has 2 aliphatic rings. The van der Waals surface area contributed by atoms with Crippen LogP contribution < -0.4 is 5.73 Å². The molecule has 0 heterocycles. The van der Waals surface area contributed by atoms with Gasteiger partial charge in [-0.1, -0.05) is 30.3 Å². The Bertz CT molecular complexity index is 580. The lowest BCUT2D eigenvalue weighted by Crippen LogP contribution is -2.35. The number of fused-ring (bicyclic) bond motifs is 1. The van der Waals surface area contributed by atoms with Crippen molar-refractivity contribution in [3.63, 3.8) is 0 Å². The van der Waals surface area contributed by atoms with E-state index in [-0.39, 0.29) is 29.6 Å². The largest absolute Gasteiger partial charge is 0.466 e. The van der Waals surface area contributed by atoms with Gasteiger partial charge in [-0.3, -0.25) is 4.79 Å². The molecule has 2 aliphatic carbocycles. The molecule has 0 bridgehead atoms. The summed E-state index contributed by atoms with van der Waals surface area (Å²) < 4.78 is 5.13. The minimum Gasteiger partial charge on any atom is -0.466 e. The SMILES string of the molecule is CCOC(=O)C1C2C(Cc3ccccc3)CC(C#N)C12N. The zero-order valence-electron chi connectivity index (χ0n) is 12.2. The van der Waals surface area contributed by atoms with E-state index in [1.165, 1.54) is 5.56 Å². The van der Waals surface area contributed by atoms with Gasteiger partial charge in [-0.2, -0.15) is 5.26 Å². The molecule has 0 amide bonds. The summed E-state index contributed by atoms with van der Waals surface area (Å²) in [6.45, 7) is 2.15. The van der Waals surface area contributed by atoms with Gasteiger partial charge in [0.15, 0.2) is 0 Å².